The number of benzene rings is 2. The fourth-order valence-corrected chi connectivity index (χ4v) is 3.89. The van der Waals surface area contributed by atoms with E-state index in [1.165, 1.54) is 19.3 Å². The van der Waals surface area contributed by atoms with Crippen molar-refractivity contribution in [1.82, 2.24) is 15.3 Å². The van der Waals surface area contributed by atoms with Crippen LogP contribution in [0.15, 0.2) is 53.3 Å². The SMILES string of the molecule is Cc1cc(-c2cc(-c3ccc(C(=O)NC4CCCCC4)cc3)[nH]c(=O)n2)ccc1O. The van der Waals surface area contributed by atoms with Gasteiger partial charge in [-0.05, 0) is 67.3 Å². The van der Waals surface area contributed by atoms with Gasteiger partial charge < -0.3 is 15.4 Å². The lowest BCUT2D eigenvalue weighted by molar-refractivity contribution is 0.0927. The molecule has 30 heavy (non-hydrogen) atoms. The Balaban J connectivity index is 1.56. The van der Waals surface area contributed by atoms with Gasteiger partial charge in [0, 0.05) is 17.2 Å². The monoisotopic (exact) mass is 403 g/mol. The van der Waals surface area contributed by atoms with Crippen molar-refractivity contribution < 1.29 is 9.90 Å². The predicted molar refractivity (Wildman–Crippen MR) is 116 cm³/mol. The quantitative estimate of drug-likeness (QED) is 0.609. The van der Waals surface area contributed by atoms with Gasteiger partial charge in [-0.1, -0.05) is 31.4 Å². The summed E-state index contributed by atoms with van der Waals surface area (Å²) in [7, 11) is 0. The molecule has 154 valence electrons. The van der Waals surface area contributed by atoms with Gasteiger partial charge in [0.2, 0.25) is 0 Å². The molecule has 0 atom stereocenters. The number of amides is 1. The molecule has 3 aromatic rings. The van der Waals surface area contributed by atoms with Crippen LogP contribution >= 0.6 is 0 Å². The smallest absolute Gasteiger partial charge is 0.345 e. The number of H-pyrrole nitrogens is 1. The van der Waals surface area contributed by atoms with Crippen LogP contribution in [0.5, 0.6) is 5.75 Å². The van der Waals surface area contributed by atoms with Crippen LogP contribution in [0.1, 0.15) is 48.0 Å². The first-order chi connectivity index (χ1) is 14.5. The Morgan fingerprint density at radius 1 is 1.03 bits per heavy atom. The maximum absolute atomic E-state index is 12.5. The second kappa shape index (κ2) is 8.53. The summed E-state index contributed by atoms with van der Waals surface area (Å²) < 4.78 is 0. The van der Waals surface area contributed by atoms with E-state index in [0.29, 0.717) is 22.5 Å². The van der Waals surface area contributed by atoms with Gasteiger partial charge in [0.15, 0.2) is 0 Å². The van der Waals surface area contributed by atoms with Crippen LogP contribution < -0.4 is 11.0 Å². The summed E-state index contributed by atoms with van der Waals surface area (Å²) in [4.78, 5) is 31.5. The molecule has 1 aromatic heterocycles. The topological polar surface area (TPSA) is 95.1 Å². The maximum Gasteiger partial charge on any atom is 0.345 e. The molecule has 0 saturated heterocycles. The zero-order chi connectivity index (χ0) is 21.1. The van der Waals surface area contributed by atoms with Gasteiger partial charge in [-0.15, -0.1) is 0 Å². The summed E-state index contributed by atoms with van der Waals surface area (Å²) in [5, 5.41) is 12.8. The molecule has 0 aliphatic heterocycles. The van der Waals surface area contributed by atoms with E-state index in [9.17, 15) is 14.7 Å². The van der Waals surface area contributed by atoms with E-state index in [4.69, 9.17) is 0 Å². The Kier molecular flexibility index (Phi) is 5.65. The zero-order valence-electron chi connectivity index (χ0n) is 16.9. The highest BCUT2D eigenvalue weighted by Crippen LogP contribution is 2.26. The Morgan fingerprint density at radius 2 is 1.73 bits per heavy atom. The van der Waals surface area contributed by atoms with E-state index in [1.807, 2.05) is 12.1 Å². The molecule has 1 saturated carbocycles. The molecule has 3 N–H and O–H groups in total. The van der Waals surface area contributed by atoms with Crippen LogP contribution in [0.4, 0.5) is 0 Å². The Labute approximate surface area is 175 Å². The van der Waals surface area contributed by atoms with Crippen molar-refractivity contribution in [3.8, 4) is 28.3 Å². The van der Waals surface area contributed by atoms with Crippen molar-refractivity contribution >= 4 is 5.91 Å². The lowest BCUT2D eigenvalue weighted by Gasteiger charge is -2.22. The van der Waals surface area contributed by atoms with Crippen molar-refractivity contribution in [3.05, 3.63) is 70.1 Å². The highest BCUT2D eigenvalue weighted by atomic mass is 16.3. The number of phenolic OH excluding ortho intramolecular Hbond substituents is 1. The maximum atomic E-state index is 12.5. The van der Waals surface area contributed by atoms with E-state index >= 15 is 0 Å². The number of nitrogens with zero attached hydrogens (tertiary/aromatic N) is 1. The first kappa shape index (κ1) is 19.9. The minimum atomic E-state index is -0.452. The lowest BCUT2D eigenvalue weighted by Crippen LogP contribution is -2.36. The summed E-state index contributed by atoms with van der Waals surface area (Å²) in [6.45, 7) is 1.80. The number of aromatic amines is 1. The second-order valence-corrected chi connectivity index (χ2v) is 7.87. The first-order valence-corrected chi connectivity index (χ1v) is 10.3. The van der Waals surface area contributed by atoms with Gasteiger partial charge in [0.05, 0.1) is 11.4 Å². The Bertz CT molecular complexity index is 1110. The van der Waals surface area contributed by atoms with Crippen LogP contribution in [0.3, 0.4) is 0 Å². The number of hydrogen-bond donors (Lipinski definition) is 3. The van der Waals surface area contributed by atoms with E-state index in [2.05, 4.69) is 15.3 Å². The van der Waals surface area contributed by atoms with Crippen LogP contribution in [0.2, 0.25) is 0 Å². The number of aromatic hydroxyl groups is 1. The van der Waals surface area contributed by atoms with Gasteiger partial charge in [-0.25, -0.2) is 4.79 Å². The average molecular weight is 403 g/mol. The fourth-order valence-electron chi connectivity index (χ4n) is 3.89. The summed E-state index contributed by atoms with van der Waals surface area (Å²) in [5.74, 6) is 0.142. The van der Waals surface area contributed by atoms with Crippen LogP contribution in [0, 0.1) is 6.92 Å². The molecular formula is C24H25N3O3. The highest BCUT2D eigenvalue weighted by molar-refractivity contribution is 5.94. The molecule has 0 radical (unpaired) electrons. The Hall–Kier alpha value is -3.41. The van der Waals surface area contributed by atoms with Crippen molar-refractivity contribution in [1.29, 1.82) is 0 Å². The standard InChI is InChI=1S/C24H25N3O3/c1-15-13-18(11-12-22(15)28)21-14-20(26-24(30)27-21)16-7-9-17(10-8-16)23(29)25-19-5-3-2-4-6-19/h7-14,19,28H,2-6H2,1H3,(H,25,29)(H,26,27,30). The summed E-state index contributed by atoms with van der Waals surface area (Å²) in [6.07, 6.45) is 5.67. The van der Waals surface area contributed by atoms with E-state index in [-0.39, 0.29) is 17.7 Å². The van der Waals surface area contributed by atoms with Gasteiger partial charge >= 0.3 is 5.69 Å². The summed E-state index contributed by atoms with van der Waals surface area (Å²) in [6, 6.07) is 14.4. The molecule has 1 aliphatic carbocycles. The minimum absolute atomic E-state index is 0.0584. The molecule has 0 bridgehead atoms. The number of carbonyl (C=O) groups is 1. The zero-order valence-corrected chi connectivity index (χ0v) is 16.9. The molecule has 1 aliphatic rings. The average Bonchev–Trinajstić information content (AvgIpc) is 2.76. The summed E-state index contributed by atoms with van der Waals surface area (Å²) >= 11 is 0. The van der Waals surface area contributed by atoms with Crippen molar-refractivity contribution in [2.24, 2.45) is 0 Å². The fraction of sp³-hybridized carbons (Fsp3) is 0.292. The van der Waals surface area contributed by atoms with E-state index in [1.54, 1.807) is 43.3 Å². The van der Waals surface area contributed by atoms with Crippen LogP contribution in [-0.2, 0) is 0 Å². The van der Waals surface area contributed by atoms with Crippen LogP contribution in [0.25, 0.3) is 22.5 Å². The molecule has 0 spiro atoms. The first-order valence-electron chi connectivity index (χ1n) is 10.3. The Morgan fingerprint density at radius 3 is 2.43 bits per heavy atom. The molecule has 2 aromatic carbocycles. The molecular weight excluding hydrogens is 378 g/mol. The molecule has 6 nitrogen and oxygen atoms in total. The third kappa shape index (κ3) is 4.43. The molecule has 4 rings (SSSR count). The highest BCUT2D eigenvalue weighted by Gasteiger charge is 2.16. The predicted octanol–water partition coefficient (Wildman–Crippen LogP) is 4.18. The van der Waals surface area contributed by atoms with Gasteiger partial charge in [0.25, 0.3) is 5.91 Å². The lowest BCUT2D eigenvalue weighted by atomic mass is 9.95. The number of carbonyl (C=O) groups excluding carboxylic acids is 1. The number of hydrogen-bond acceptors (Lipinski definition) is 4. The number of aryl methyl sites for hydroxylation is 1. The van der Waals surface area contributed by atoms with Gasteiger partial charge in [-0.2, -0.15) is 4.98 Å². The molecule has 1 heterocycles. The van der Waals surface area contributed by atoms with Crippen molar-refractivity contribution in [2.45, 2.75) is 45.1 Å². The summed E-state index contributed by atoms with van der Waals surface area (Å²) in [5.41, 5.74) is 3.56. The number of phenols is 1. The molecule has 1 fully saturated rings. The van der Waals surface area contributed by atoms with Crippen molar-refractivity contribution in [2.75, 3.05) is 0 Å². The van der Waals surface area contributed by atoms with Crippen molar-refractivity contribution in [3.63, 3.8) is 0 Å². The largest absolute Gasteiger partial charge is 0.508 e. The minimum Gasteiger partial charge on any atom is -0.508 e. The van der Waals surface area contributed by atoms with E-state index in [0.717, 1.165) is 24.0 Å². The van der Waals surface area contributed by atoms with Gasteiger partial charge in [0.1, 0.15) is 5.75 Å². The third-order valence-electron chi connectivity index (χ3n) is 5.64. The van der Waals surface area contributed by atoms with Crippen LogP contribution in [-0.4, -0.2) is 27.0 Å². The normalized spacial score (nSPS) is 14.4. The molecule has 1 amide bonds. The molecule has 0 unspecified atom stereocenters. The van der Waals surface area contributed by atoms with Gasteiger partial charge in [-0.3, -0.25) is 4.79 Å². The molecule has 6 heteroatoms. The van der Waals surface area contributed by atoms with E-state index < -0.39 is 5.69 Å². The third-order valence-corrected chi connectivity index (χ3v) is 5.64. The number of nitrogens with one attached hydrogen (secondary N) is 2. The second-order valence-electron chi connectivity index (χ2n) is 7.87. The number of aromatic nitrogens is 2. The number of rotatable bonds is 4.